The number of carbonyl (C=O) groups excluding carboxylic acids is 2. The van der Waals surface area contributed by atoms with Gasteiger partial charge in [0.05, 0.1) is 0 Å². The molecule has 6 nitrogen and oxygen atoms in total. The molecule has 0 saturated heterocycles. The number of carboxylic acids is 1. The molecular formula is C11H20AsNO5. The molecule has 0 fully saturated rings. The second-order valence-electron chi connectivity index (χ2n) is 4.98. The summed E-state index contributed by atoms with van der Waals surface area (Å²) < 4.78 is 4.89. The molecule has 0 radical (unpaired) electrons. The third-order valence-electron chi connectivity index (χ3n) is 1.88. The predicted molar refractivity (Wildman–Crippen MR) is 67.9 cm³/mol. The summed E-state index contributed by atoms with van der Waals surface area (Å²) >= 11 is -2.07. The predicted octanol–water partition coefficient (Wildman–Crippen LogP) is 1.17. The van der Waals surface area contributed by atoms with Crippen LogP contribution in [-0.2, 0) is 14.3 Å². The van der Waals surface area contributed by atoms with Gasteiger partial charge in [-0.3, -0.25) is 0 Å². The van der Waals surface area contributed by atoms with Crippen molar-refractivity contribution in [1.29, 1.82) is 0 Å². The first-order valence-electron chi connectivity index (χ1n) is 5.43. The Morgan fingerprint density at radius 2 is 1.78 bits per heavy atom. The SMILES string of the molecule is CN(CC(=O)O)C(=O)C[As](C)C(=O)OC(C)(C)C. The number of carbonyl (C=O) groups is 3. The molecule has 0 aliphatic rings. The standard InChI is InChI=1S/C11H20AsNO5/c1-11(2,3)18-10(17)12(4)6-8(14)13(5)7-9(15)16/h6-7H2,1-5H3,(H,15,16). The number of aliphatic carboxylic acids is 1. The van der Waals surface area contributed by atoms with Crippen molar-refractivity contribution in [1.82, 2.24) is 4.90 Å². The van der Waals surface area contributed by atoms with E-state index in [0.717, 1.165) is 4.90 Å². The van der Waals surface area contributed by atoms with Gasteiger partial charge in [-0.25, -0.2) is 0 Å². The van der Waals surface area contributed by atoms with Crippen molar-refractivity contribution in [3.63, 3.8) is 0 Å². The van der Waals surface area contributed by atoms with Crippen molar-refractivity contribution >= 4 is 31.3 Å². The van der Waals surface area contributed by atoms with Crippen LogP contribution in [0.1, 0.15) is 20.8 Å². The molecule has 0 heterocycles. The summed E-state index contributed by atoms with van der Waals surface area (Å²) in [5.41, 5.74) is 1.17. The summed E-state index contributed by atoms with van der Waals surface area (Å²) in [4.78, 5) is 34.9. The van der Waals surface area contributed by atoms with Crippen molar-refractivity contribution < 1.29 is 24.2 Å². The first-order chi connectivity index (χ1) is 8.03. The Balaban J connectivity index is 4.31. The quantitative estimate of drug-likeness (QED) is 0.769. The summed E-state index contributed by atoms with van der Waals surface area (Å²) in [5.74, 6) is -1.40. The summed E-state index contributed by atoms with van der Waals surface area (Å²) in [5, 5.41) is 8.64. The Hall–Kier alpha value is -1.03. The van der Waals surface area contributed by atoms with E-state index in [1.807, 2.05) is 0 Å². The van der Waals surface area contributed by atoms with Crippen LogP contribution in [0, 0.1) is 0 Å². The van der Waals surface area contributed by atoms with E-state index in [4.69, 9.17) is 9.84 Å². The Kier molecular flexibility index (Phi) is 6.39. The van der Waals surface area contributed by atoms with Crippen molar-refractivity contribution in [2.75, 3.05) is 13.6 Å². The topological polar surface area (TPSA) is 83.9 Å². The zero-order chi connectivity index (χ0) is 14.5. The summed E-state index contributed by atoms with van der Waals surface area (Å²) in [6, 6.07) is 0. The van der Waals surface area contributed by atoms with Gasteiger partial charge in [0.15, 0.2) is 0 Å². The monoisotopic (exact) mass is 321 g/mol. The van der Waals surface area contributed by atoms with E-state index in [1.165, 1.54) is 7.05 Å². The van der Waals surface area contributed by atoms with E-state index in [2.05, 4.69) is 0 Å². The molecule has 7 heteroatoms. The van der Waals surface area contributed by atoms with E-state index < -0.39 is 26.2 Å². The maximum absolute atomic E-state index is 11.7. The summed E-state index contributed by atoms with van der Waals surface area (Å²) in [6.07, 6.45) is 0. The maximum atomic E-state index is 11.7. The first-order valence-corrected chi connectivity index (χ1v) is 9.57. The van der Waals surface area contributed by atoms with E-state index in [0.29, 0.717) is 0 Å². The minimum absolute atomic E-state index is 0.0890. The molecule has 0 spiro atoms. The van der Waals surface area contributed by atoms with E-state index in [9.17, 15) is 14.4 Å². The molecule has 0 bridgehead atoms. The second-order valence-corrected chi connectivity index (χ2v) is 9.34. The molecule has 0 aromatic carbocycles. The molecule has 18 heavy (non-hydrogen) atoms. The van der Waals surface area contributed by atoms with Crippen LogP contribution in [0.25, 0.3) is 0 Å². The van der Waals surface area contributed by atoms with Crippen LogP contribution in [0.2, 0.25) is 10.9 Å². The average molecular weight is 321 g/mol. The molecule has 1 unspecified atom stereocenters. The van der Waals surface area contributed by atoms with Crippen LogP contribution in [0.4, 0.5) is 4.79 Å². The van der Waals surface area contributed by atoms with Crippen LogP contribution in [-0.4, -0.2) is 60.5 Å². The van der Waals surface area contributed by atoms with Crippen molar-refractivity contribution in [2.45, 2.75) is 37.3 Å². The number of amides is 1. The van der Waals surface area contributed by atoms with Gasteiger partial charge >= 0.3 is 111 Å². The number of nitrogens with zero attached hydrogens (tertiary/aromatic N) is 1. The van der Waals surface area contributed by atoms with Crippen molar-refractivity contribution in [3.05, 3.63) is 0 Å². The average Bonchev–Trinajstić information content (AvgIpc) is 2.13. The Morgan fingerprint density at radius 1 is 1.28 bits per heavy atom. The number of rotatable bonds is 5. The van der Waals surface area contributed by atoms with E-state index in [-0.39, 0.29) is 22.4 Å². The van der Waals surface area contributed by atoms with Gasteiger partial charge in [-0.2, -0.15) is 0 Å². The number of ether oxygens (including phenoxy) is 1. The fourth-order valence-electron chi connectivity index (χ4n) is 1.02. The van der Waals surface area contributed by atoms with Crippen molar-refractivity contribution in [3.8, 4) is 0 Å². The van der Waals surface area contributed by atoms with Crippen LogP contribution in [0.3, 0.4) is 0 Å². The molecule has 1 N–H and O–H groups in total. The molecule has 0 saturated carbocycles. The van der Waals surface area contributed by atoms with Gasteiger partial charge in [-0.1, -0.05) is 0 Å². The normalized spacial score (nSPS) is 12.7. The molecule has 104 valence electrons. The van der Waals surface area contributed by atoms with Gasteiger partial charge in [0, 0.05) is 0 Å². The Labute approximate surface area is 112 Å². The zero-order valence-electron chi connectivity index (χ0n) is 11.4. The minimum atomic E-state index is -2.07. The number of hydrogen-bond acceptors (Lipinski definition) is 4. The van der Waals surface area contributed by atoms with Gasteiger partial charge < -0.3 is 0 Å². The molecule has 0 rings (SSSR count). The molecule has 0 aromatic heterocycles. The fourth-order valence-corrected chi connectivity index (χ4v) is 3.55. The first kappa shape index (κ1) is 17.0. The van der Waals surface area contributed by atoms with Gasteiger partial charge in [-0.05, 0) is 0 Å². The molecule has 0 aliphatic heterocycles. The van der Waals surface area contributed by atoms with Crippen LogP contribution < -0.4 is 0 Å². The third-order valence-corrected chi connectivity index (χ3v) is 4.94. The summed E-state index contributed by atoms with van der Waals surface area (Å²) in [6.45, 7) is 4.96. The fraction of sp³-hybridized carbons (Fsp3) is 0.727. The zero-order valence-corrected chi connectivity index (χ0v) is 13.3. The van der Waals surface area contributed by atoms with Crippen LogP contribution in [0.5, 0.6) is 0 Å². The number of hydrogen-bond donors (Lipinski definition) is 1. The number of carboxylic acid groups (broad SMARTS) is 1. The molecule has 0 aliphatic carbocycles. The molecule has 1 atom stereocenters. The van der Waals surface area contributed by atoms with E-state index >= 15 is 0 Å². The molecule has 0 aromatic rings. The third kappa shape index (κ3) is 7.32. The van der Waals surface area contributed by atoms with Gasteiger partial charge in [-0.15, -0.1) is 0 Å². The Morgan fingerprint density at radius 3 is 2.17 bits per heavy atom. The van der Waals surface area contributed by atoms with Crippen LogP contribution in [0.15, 0.2) is 0 Å². The van der Waals surface area contributed by atoms with Crippen LogP contribution >= 0.6 is 0 Å². The summed E-state index contributed by atoms with van der Waals surface area (Å²) in [7, 11) is 1.41. The van der Waals surface area contributed by atoms with Gasteiger partial charge in [0.25, 0.3) is 0 Å². The van der Waals surface area contributed by atoms with Gasteiger partial charge in [0.1, 0.15) is 0 Å². The molecule has 1 amide bonds. The second kappa shape index (κ2) is 6.78. The molecular weight excluding hydrogens is 301 g/mol. The Bertz CT molecular complexity index is 337. The van der Waals surface area contributed by atoms with Crippen molar-refractivity contribution in [2.24, 2.45) is 0 Å². The van der Waals surface area contributed by atoms with E-state index in [1.54, 1.807) is 26.5 Å². The van der Waals surface area contributed by atoms with Gasteiger partial charge in [0.2, 0.25) is 0 Å². The number of likely N-dealkylation sites (N-methyl/N-ethyl adjacent to an activating group) is 1.